The smallest absolute Gasteiger partial charge is 0.144 e. The first-order valence-corrected chi connectivity index (χ1v) is 14.0. The van der Waals surface area contributed by atoms with Gasteiger partial charge in [0.25, 0.3) is 0 Å². The second-order valence-corrected chi connectivity index (χ2v) is 10.2. The first-order valence-electron chi connectivity index (χ1n) is 14.0. The Bertz CT molecular complexity index is 1170. The highest BCUT2D eigenvalue weighted by Crippen LogP contribution is 2.29. The highest BCUT2D eigenvalue weighted by atomic mass is 19.2. The molecule has 0 radical (unpaired) electrons. The van der Waals surface area contributed by atoms with Crippen molar-refractivity contribution in [2.75, 3.05) is 44.7 Å². The minimum atomic E-state index is 0.566. The summed E-state index contributed by atoms with van der Waals surface area (Å²) < 4.78 is 14.4. The average Bonchev–Trinajstić information content (AvgIpc) is 3.53. The van der Waals surface area contributed by atoms with Crippen LogP contribution in [-0.4, -0.2) is 64.3 Å². The largest absolute Gasteiger partial charge is 0.331 e. The number of fused-ring (bicyclic) bond motifs is 1. The number of halogens is 1. The minimum absolute atomic E-state index is 0.566. The van der Waals surface area contributed by atoms with Crippen LogP contribution < -0.4 is 4.90 Å². The third-order valence-electron chi connectivity index (χ3n) is 6.90. The molecule has 5 rings (SSSR count). The highest BCUT2D eigenvalue weighted by Gasteiger charge is 2.19. The Morgan fingerprint density at radius 3 is 2.32 bits per heavy atom. The van der Waals surface area contributed by atoms with E-state index in [-0.39, 0.29) is 0 Å². The van der Waals surface area contributed by atoms with Crippen molar-refractivity contribution < 1.29 is 4.48 Å². The quantitative estimate of drug-likeness (QED) is 0.330. The van der Waals surface area contributed by atoms with Gasteiger partial charge in [-0.3, -0.25) is 4.57 Å². The molecule has 5 heterocycles. The van der Waals surface area contributed by atoms with Crippen molar-refractivity contribution >= 4 is 22.9 Å². The van der Waals surface area contributed by atoms with E-state index in [4.69, 9.17) is 9.97 Å². The zero-order valence-corrected chi connectivity index (χ0v) is 24.0. The number of nitrogens with zero attached hydrogens (tertiary/aromatic N) is 6. The Balaban J connectivity index is 0.000000339. The van der Waals surface area contributed by atoms with Gasteiger partial charge in [-0.1, -0.05) is 46.9 Å². The van der Waals surface area contributed by atoms with E-state index in [0.717, 1.165) is 84.2 Å². The lowest BCUT2D eigenvalue weighted by Crippen LogP contribution is -2.40. The lowest BCUT2D eigenvalue weighted by atomic mass is 10.1. The molecule has 0 atom stereocenters. The summed E-state index contributed by atoms with van der Waals surface area (Å²) in [6, 6.07) is 8.66. The molecule has 6 nitrogen and oxygen atoms in total. The van der Waals surface area contributed by atoms with Crippen LogP contribution in [0.4, 0.5) is 10.3 Å². The fraction of sp³-hybridized carbons (Fsp3) is 0.484. The summed E-state index contributed by atoms with van der Waals surface area (Å²) in [5, 5.41) is 2.01. The predicted molar refractivity (Wildman–Crippen MR) is 159 cm³/mol. The van der Waals surface area contributed by atoms with E-state index < -0.39 is 0 Å². The van der Waals surface area contributed by atoms with Gasteiger partial charge < -0.3 is 9.80 Å². The summed E-state index contributed by atoms with van der Waals surface area (Å²) in [5.74, 6) is 1.64. The summed E-state index contributed by atoms with van der Waals surface area (Å²) in [6.07, 6.45) is 10.1. The van der Waals surface area contributed by atoms with Crippen LogP contribution in [0.3, 0.4) is 0 Å². The van der Waals surface area contributed by atoms with Crippen LogP contribution in [0.15, 0.2) is 55.5 Å². The molecular weight excluding hydrogens is 475 g/mol. The molecular formula is C31H45FN6. The Labute approximate surface area is 228 Å². The van der Waals surface area contributed by atoms with Crippen LogP contribution in [0.25, 0.3) is 22.8 Å². The van der Waals surface area contributed by atoms with E-state index in [2.05, 4.69) is 65.6 Å². The zero-order valence-electron chi connectivity index (χ0n) is 24.0. The van der Waals surface area contributed by atoms with Crippen molar-refractivity contribution in [1.29, 1.82) is 0 Å². The molecule has 0 amide bonds. The van der Waals surface area contributed by atoms with Gasteiger partial charge in [0.1, 0.15) is 11.5 Å². The molecule has 0 N–H and O–H groups in total. The number of allylic oxidation sites excluding steroid dienone is 1. The minimum Gasteiger partial charge on any atom is -0.331 e. The standard InChI is InChI=1S/C24H28N4.C5H11FN2.C2H6/c1-5-19-13-20-14-21(9-8-17(2)3)28(24(20)26-15-19)22-10-11-23(25-16-22)27-12-6-7-18(27)4;1-7-2-4-8(6)5-3-7;1-2/h5,10-11,13-17H,1,4,6-9,12H2,2-3H3;2-5H2,1H3;1-2H3. The lowest BCUT2D eigenvalue weighted by molar-refractivity contribution is -0.0154. The van der Waals surface area contributed by atoms with Crippen LogP contribution >= 0.6 is 0 Å². The van der Waals surface area contributed by atoms with Crippen molar-refractivity contribution in [2.45, 2.75) is 53.4 Å². The van der Waals surface area contributed by atoms with Gasteiger partial charge in [-0.25, -0.2) is 9.97 Å². The maximum absolute atomic E-state index is 12.2. The van der Waals surface area contributed by atoms with E-state index in [0.29, 0.717) is 19.0 Å². The fourth-order valence-corrected chi connectivity index (χ4v) is 4.65. The number of piperazine rings is 1. The summed E-state index contributed by atoms with van der Waals surface area (Å²) in [7, 11) is 2.01. The third kappa shape index (κ3) is 7.51. The molecule has 0 aliphatic carbocycles. The Morgan fingerprint density at radius 2 is 1.76 bits per heavy atom. The molecule has 2 aliphatic rings. The van der Waals surface area contributed by atoms with E-state index in [9.17, 15) is 4.48 Å². The summed E-state index contributed by atoms with van der Waals surface area (Å²) in [6.45, 7) is 20.4. The van der Waals surface area contributed by atoms with Crippen LogP contribution in [0, 0.1) is 5.92 Å². The molecule has 0 unspecified atom stereocenters. The maximum Gasteiger partial charge on any atom is 0.144 e. The van der Waals surface area contributed by atoms with Gasteiger partial charge in [-0.15, -0.1) is 9.60 Å². The summed E-state index contributed by atoms with van der Waals surface area (Å²) >= 11 is 0. The number of anilines is 1. The first-order chi connectivity index (χ1) is 18.4. The summed E-state index contributed by atoms with van der Waals surface area (Å²) in [4.78, 5) is 13.8. The molecule has 2 fully saturated rings. The SMILES string of the molecule is C=Cc1cnc2c(c1)cc(CCC(C)C)n2-c1ccc(N2CCCC2=C)nc1.CC.CN1CCN(F)CC1. The molecule has 3 aromatic heterocycles. The Hall–Kier alpha value is -3.03. The molecule has 2 saturated heterocycles. The van der Waals surface area contributed by atoms with Crippen molar-refractivity contribution in [2.24, 2.45) is 5.92 Å². The number of hydrogen-bond donors (Lipinski definition) is 0. The van der Waals surface area contributed by atoms with Crippen LogP contribution in [0.2, 0.25) is 0 Å². The molecule has 38 heavy (non-hydrogen) atoms. The van der Waals surface area contributed by atoms with Crippen molar-refractivity contribution in [3.63, 3.8) is 0 Å². The monoisotopic (exact) mass is 520 g/mol. The van der Waals surface area contributed by atoms with Gasteiger partial charge in [0.05, 0.1) is 11.9 Å². The van der Waals surface area contributed by atoms with Crippen molar-refractivity contribution in [3.8, 4) is 5.69 Å². The van der Waals surface area contributed by atoms with E-state index >= 15 is 0 Å². The van der Waals surface area contributed by atoms with Gasteiger partial charge in [0.2, 0.25) is 0 Å². The molecule has 0 bridgehead atoms. The third-order valence-corrected chi connectivity index (χ3v) is 6.90. The Morgan fingerprint density at radius 1 is 1.03 bits per heavy atom. The molecule has 0 spiro atoms. The second-order valence-electron chi connectivity index (χ2n) is 10.2. The van der Waals surface area contributed by atoms with E-state index in [1.807, 2.05) is 39.4 Å². The molecule has 2 aliphatic heterocycles. The van der Waals surface area contributed by atoms with E-state index in [1.165, 1.54) is 5.69 Å². The summed E-state index contributed by atoms with van der Waals surface area (Å²) in [5.41, 5.74) is 5.51. The molecule has 206 valence electrons. The topological polar surface area (TPSA) is 40.4 Å². The van der Waals surface area contributed by atoms with Gasteiger partial charge in [0.15, 0.2) is 0 Å². The lowest BCUT2D eigenvalue weighted by Gasteiger charge is -2.25. The zero-order chi connectivity index (χ0) is 27.7. The van der Waals surface area contributed by atoms with Gasteiger partial charge in [-0.2, -0.15) is 0 Å². The van der Waals surface area contributed by atoms with Crippen LogP contribution in [0.1, 0.15) is 58.2 Å². The molecule has 0 saturated carbocycles. The second kappa shape index (κ2) is 14.2. The maximum atomic E-state index is 12.2. The van der Waals surface area contributed by atoms with Crippen LogP contribution in [0.5, 0.6) is 0 Å². The number of aromatic nitrogens is 3. The average molecular weight is 521 g/mol. The highest BCUT2D eigenvalue weighted by molar-refractivity contribution is 5.81. The van der Waals surface area contributed by atoms with E-state index in [1.54, 1.807) is 0 Å². The van der Waals surface area contributed by atoms with Gasteiger partial charge >= 0.3 is 0 Å². The first kappa shape index (κ1) is 29.5. The molecule has 3 aromatic rings. The normalized spacial score (nSPS) is 16.3. The molecule has 7 heteroatoms. The van der Waals surface area contributed by atoms with Crippen molar-refractivity contribution in [1.82, 2.24) is 24.6 Å². The van der Waals surface area contributed by atoms with Crippen molar-refractivity contribution in [3.05, 3.63) is 66.8 Å². The number of pyridine rings is 2. The van der Waals surface area contributed by atoms with Crippen LogP contribution in [-0.2, 0) is 6.42 Å². The Kier molecular flexibility index (Phi) is 11.0. The fourth-order valence-electron chi connectivity index (χ4n) is 4.65. The van der Waals surface area contributed by atoms with Gasteiger partial charge in [-0.05, 0) is 68.5 Å². The number of hydrogen-bond acceptors (Lipinski definition) is 5. The number of aryl methyl sites for hydroxylation is 1. The predicted octanol–water partition coefficient (Wildman–Crippen LogP) is 6.91. The number of likely N-dealkylation sites (N-methyl/N-ethyl adjacent to an activating group) is 1. The molecule has 0 aromatic carbocycles. The van der Waals surface area contributed by atoms with Gasteiger partial charge in [0, 0.05) is 55.7 Å². The number of rotatable bonds is 6.